The number of esters is 1. The van der Waals surface area contributed by atoms with Gasteiger partial charge in [0.1, 0.15) is 23.6 Å². The first-order chi connectivity index (χ1) is 18.6. The Morgan fingerprint density at radius 2 is 1.68 bits per heavy atom. The molecule has 0 radical (unpaired) electrons. The van der Waals surface area contributed by atoms with E-state index in [4.69, 9.17) is 24.7 Å². The van der Waals surface area contributed by atoms with Crippen LogP contribution < -0.4 is 19.9 Å². The van der Waals surface area contributed by atoms with Gasteiger partial charge in [0.25, 0.3) is 0 Å². The maximum absolute atomic E-state index is 12.3. The monoisotopic (exact) mass is 512 g/mol. The fourth-order valence-corrected chi connectivity index (χ4v) is 4.63. The molecule has 1 aliphatic carbocycles. The number of rotatable bonds is 10. The second-order valence-electron chi connectivity index (χ2n) is 9.41. The summed E-state index contributed by atoms with van der Waals surface area (Å²) in [6.07, 6.45) is 6.06. The van der Waals surface area contributed by atoms with Crippen LogP contribution in [0.5, 0.6) is 23.0 Å². The van der Waals surface area contributed by atoms with E-state index in [0.717, 1.165) is 47.9 Å². The summed E-state index contributed by atoms with van der Waals surface area (Å²) in [7, 11) is 1.58. The number of benzene rings is 3. The van der Waals surface area contributed by atoms with Gasteiger partial charge in [0.2, 0.25) is 0 Å². The summed E-state index contributed by atoms with van der Waals surface area (Å²) < 4.78 is 23.2. The highest BCUT2D eigenvalue weighted by Gasteiger charge is 2.23. The van der Waals surface area contributed by atoms with E-state index in [-0.39, 0.29) is 18.7 Å². The van der Waals surface area contributed by atoms with Gasteiger partial charge < -0.3 is 24.7 Å². The van der Waals surface area contributed by atoms with Crippen molar-refractivity contribution < 1.29 is 23.7 Å². The number of methoxy groups -OCH3 is 1. The second kappa shape index (κ2) is 12.0. The smallest absolute Gasteiger partial charge is 0.323 e. The Bertz CT molecular complexity index is 1370. The molecule has 7 heteroatoms. The fourth-order valence-electron chi connectivity index (χ4n) is 4.63. The standard InChI is InChI=1S/C31H32N2O5/c1-35-29-19-25-27(20-30(29)36-18-16-26(32)31(34)38-23-9-5-6-10-23)33-17-15-28(25)37-24-13-11-22(12-14-24)21-7-3-2-4-8-21/h2-4,7-8,11-15,17,19-20,23,26H,5-6,9-10,16,18,32H2,1H3. The predicted molar refractivity (Wildman–Crippen MR) is 147 cm³/mol. The molecule has 7 nitrogen and oxygen atoms in total. The van der Waals surface area contributed by atoms with Crippen molar-refractivity contribution in [3.05, 3.63) is 79.0 Å². The maximum Gasteiger partial charge on any atom is 0.323 e. The zero-order valence-electron chi connectivity index (χ0n) is 21.5. The minimum atomic E-state index is -0.728. The van der Waals surface area contributed by atoms with Crippen molar-refractivity contribution >= 4 is 16.9 Å². The minimum Gasteiger partial charge on any atom is -0.493 e. The Kier molecular flexibility index (Phi) is 8.04. The molecule has 196 valence electrons. The minimum absolute atomic E-state index is 0.000613. The number of aromatic nitrogens is 1. The molecule has 1 saturated carbocycles. The molecule has 1 aliphatic rings. The van der Waals surface area contributed by atoms with E-state index in [0.29, 0.717) is 29.2 Å². The van der Waals surface area contributed by atoms with Gasteiger partial charge in [-0.25, -0.2) is 0 Å². The van der Waals surface area contributed by atoms with Crippen molar-refractivity contribution in [3.8, 4) is 34.1 Å². The SMILES string of the molecule is COc1cc2c(Oc3ccc(-c4ccccc4)cc3)ccnc2cc1OCCC(N)C(=O)OC1CCCC1. The summed E-state index contributed by atoms with van der Waals surface area (Å²) >= 11 is 0. The molecular weight excluding hydrogens is 480 g/mol. The Balaban J connectivity index is 1.26. The van der Waals surface area contributed by atoms with Gasteiger partial charge in [0, 0.05) is 24.1 Å². The number of carbonyl (C=O) groups excluding carboxylic acids is 1. The van der Waals surface area contributed by atoms with Crippen LogP contribution in [0.15, 0.2) is 79.0 Å². The number of hydrogen-bond donors (Lipinski definition) is 1. The Morgan fingerprint density at radius 1 is 0.947 bits per heavy atom. The van der Waals surface area contributed by atoms with Gasteiger partial charge in [0.05, 0.1) is 19.2 Å². The summed E-state index contributed by atoms with van der Waals surface area (Å²) in [5.41, 5.74) is 9.01. The van der Waals surface area contributed by atoms with Gasteiger partial charge in [-0.1, -0.05) is 42.5 Å². The van der Waals surface area contributed by atoms with Gasteiger partial charge >= 0.3 is 5.97 Å². The molecule has 0 aliphatic heterocycles. The highest BCUT2D eigenvalue weighted by Crippen LogP contribution is 2.37. The van der Waals surface area contributed by atoms with E-state index in [1.807, 2.05) is 60.7 Å². The number of carbonyl (C=O) groups is 1. The third kappa shape index (κ3) is 6.06. The van der Waals surface area contributed by atoms with Crippen LogP contribution in [0.3, 0.4) is 0 Å². The van der Waals surface area contributed by atoms with Gasteiger partial charge in [0.15, 0.2) is 11.5 Å². The van der Waals surface area contributed by atoms with E-state index in [9.17, 15) is 4.79 Å². The van der Waals surface area contributed by atoms with Crippen LogP contribution in [-0.2, 0) is 9.53 Å². The topological polar surface area (TPSA) is 92.9 Å². The molecular formula is C31H32N2O5. The molecule has 1 heterocycles. The normalized spacial score (nSPS) is 14.3. The lowest BCUT2D eigenvalue weighted by Gasteiger charge is -2.17. The van der Waals surface area contributed by atoms with Gasteiger partial charge in [-0.05, 0) is 61.1 Å². The molecule has 1 fully saturated rings. The quantitative estimate of drug-likeness (QED) is 0.250. The number of hydrogen-bond acceptors (Lipinski definition) is 7. The zero-order chi connectivity index (χ0) is 26.3. The van der Waals surface area contributed by atoms with Gasteiger partial charge in [-0.15, -0.1) is 0 Å². The second-order valence-corrected chi connectivity index (χ2v) is 9.41. The molecule has 0 bridgehead atoms. The molecule has 38 heavy (non-hydrogen) atoms. The number of nitrogens with zero attached hydrogens (tertiary/aromatic N) is 1. The lowest BCUT2D eigenvalue weighted by molar-refractivity contribution is -0.150. The molecule has 0 amide bonds. The van der Waals surface area contributed by atoms with E-state index >= 15 is 0 Å². The van der Waals surface area contributed by atoms with Gasteiger partial charge in [-0.3, -0.25) is 9.78 Å². The first kappa shape index (κ1) is 25.5. The third-order valence-corrected chi connectivity index (χ3v) is 6.75. The van der Waals surface area contributed by atoms with E-state index in [1.54, 1.807) is 13.3 Å². The maximum atomic E-state index is 12.3. The highest BCUT2D eigenvalue weighted by atomic mass is 16.5. The number of ether oxygens (including phenoxy) is 4. The molecule has 4 aromatic rings. The van der Waals surface area contributed by atoms with Crippen LogP contribution >= 0.6 is 0 Å². The lowest BCUT2D eigenvalue weighted by atomic mass is 10.1. The molecule has 0 spiro atoms. The van der Waals surface area contributed by atoms with E-state index in [2.05, 4.69) is 17.1 Å². The molecule has 2 N–H and O–H groups in total. The molecule has 0 saturated heterocycles. The number of pyridine rings is 1. The van der Waals surface area contributed by atoms with Crippen molar-refractivity contribution in [1.29, 1.82) is 0 Å². The van der Waals surface area contributed by atoms with Gasteiger partial charge in [-0.2, -0.15) is 0 Å². The zero-order valence-corrected chi connectivity index (χ0v) is 21.5. The van der Waals surface area contributed by atoms with E-state index in [1.165, 1.54) is 0 Å². The van der Waals surface area contributed by atoms with Crippen LogP contribution in [0, 0.1) is 0 Å². The van der Waals surface area contributed by atoms with Crippen molar-refractivity contribution in [2.75, 3.05) is 13.7 Å². The predicted octanol–water partition coefficient (Wildman–Crippen LogP) is 6.28. The molecule has 3 aromatic carbocycles. The summed E-state index contributed by atoms with van der Waals surface area (Å²) in [5, 5.41) is 0.792. The summed E-state index contributed by atoms with van der Waals surface area (Å²) in [6.45, 7) is 0.243. The Hall–Kier alpha value is -4.10. The third-order valence-electron chi connectivity index (χ3n) is 6.75. The average molecular weight is 513 g/mol. The number of fused-ring (bicyclic) bond motifs is 1. The highest BCUT2D eigenvalue weighted by molar-refractivity contribution is 5.88. The van der Waals surface area contributed by atoms with Crippen LogP contribution in [0.1, 0.15) is 32.1 Å². The number of nitrogens with two attached hydrogens (primary N) is 1. The first-order valence-electron chi connectivity index (χ1n) is 13.0. The van der Waals surface area contributed by atoms with Crippen molar-refractivity contribution in [2.24, 2.45) is 5.73 Å². The summed E-state index contributed by atoms with van der Waals surface area (Å²) in [4.78, 5) is 16.8. The molecule has 1 unspecified atom stereocenters. The van der Waals surface area contributed by atoms with Crippen LogP contribution in [0.4, 0.5) is 0 Å². The van der Waals surface area contributed by atoms with Crippen molar-refractivity contribution in [3.63, 3.8) is 0 Å². The summed E-state index contributed by atoms with van der Waals surface area (Å²) in [6, 6.07) is 22.9. The van der Waals surface area contributed by atoms with Crippen molar-refractivity contribution in [2.45, 2.75) is 44.2 Å². The fraction of sp³-hybridized carbons (Fsp3) is 0.290. The molecule has 1 atom stereocenters. The summed E-state index contributed by atoms with van der Waals surface area (Å²) in [5.74, 6) is 2.07. The average Bonchev–Trinajstić information content (AvgIpc) is 3.46. The molecule has 5 rings (SSSR count). The van der Waals surface area contributed by atoms with Crippen LogP contribution in [-0.4, -0.2) is 36.8 Å². The van der Waals surface area contributed by atoms with Crippen molar-refractivity contribution in [1.82, 2.24) is 4.98 Å². The molecule has 1 aromatic heterocycles. The Labute approximate surface area is 222 Å². The first-order valence-corrected chi connectivity index (χ1v) is 13.0. The van der Waals surface area contributed by atoms with Crippen LogP contribution in [0.2, 0.25) is 0 Å². The Morgan fingerprint density at radius 3 is 2.42 bits per heavy atom. The lowest BCUT2D eigenvalue weighted by Crippen LogP contribution is -2.35. The largest absolute Gasteiger partial charge is 0.493 e. The van der Waals surface area contributed by atoms with Crippen LogP contribution in [0.25, 0.3) is 22.0 Å². The van der Waals surface area contributed by atoms with E-state index < -0.39 is 6.04 Å².